The Morgan fingerprint density at radius 3 is 2.10 bits per heavy atom. The molecule has 112 valence electrons. The molecule has 3 nitrogen and oxygen atoms in total. The van der Waals surface area contributed by atoms with E-state index >= 15 is 0 Å². The monoisotopic (exact) mass is 371 g/mol. The summed E-state index contributed by atoms with van der Waals surface area (Å²) in [6.07, 6.45) is 0. The minimum atomic E-state index is -3.76. The highest BCUT2D eigenvalue weighted by Crippen LogP contribution is 2.26. The van der Waals surface area contributed by atoms with Gasteiger partial charge in [-0.25, -0.2) is 12.8 Å². The molecule has 0 bridgehead atoms. The number of nitrogens with one attached hydrogen (secondary N) is 1. The Morgan fingerprint density at radius 1 is 1.00 bits per heavy atom. The smallest absolute Gasteiger partial charge is 0.262 e. The van der Waals surface area contributed by atoms with Crippen LogP contribution in [0.5, 0.6) is 0 Å². The first kappa shape index (κ1) is 16.0. The predicted molar refractivity (Wildman–Crippen MR) is 85.6 cm³/mol. The van der Waals surface area contributed by atoms with Gasteiger partial charge in [0.1, 0.15) is 5.82 Å². The molecule has 0 aromatic heterocycles. The maximum atomic E-state index is 13.3. The molecule has 0 aliphatic heterocycles. The largest absolute Gasteiger partial charge is 0.279 e. The van der Waals surface area contributed by atoms with Crippen LogP contribution in [0, 0.1) is 26.6 Å². The minimum absolute atomic E-state index is 0.117. The van der Waals surface area contributed by atoms with Crippen molar-refractivity contribution in [3.05, 3.63) is 57.3 Å². The molecule has 0 unspecified atom stereocenters. The molecule has 0 aliphatic rings. The fourth-order valence-electron chi connectivity index (χ4n) is 2.26. The number of hydrogen-bond acceptors (Lipinski definition) is 2. The van der Waals surface area contributed by atoms with E-state index in [9.17, 15) is 12.8 Å². The van der Waals surface area contributed by atoms with Crippen LogP contribution >= 0.6 is 15.9 Å². The van der Waals surface area contributed by atoms with Crippen molar-refractivity contribution in [2.24, 2.45) is 0 Å². The van der Waals surface area contributed by atoms with Gasteiger partial charge in [0.25, 0.3) is 10.0 Å². The molecule has 2 aromatic carbocycles. The van der Waals surface area contributed by atoms with Crippen molar-refractivity contribution in [1.82, 2.24) is 0 Å². The van der Waals surface area contributed by atoms with E-state index in [0.29, 0.717) is 16.8 Å². The summed E-state index contributed by atoms with van der Waals surface area (Å²) >= 11 is 3.33. The van der Waals surface area contributed by atoms with E-state index in [-0.39, 0.29) is 4.90 Å². The highest BCUT2D eigenvalue weighted by molar-refractivity contribution is 9.10. The molecule has 0 saturated carbocycles. The van der Waals surface area contributed by atoms with E-state index < -0.39 is 15.8 Å². The van der Waals surface area contributed by atoms with Crippen LogP contribution in [-0.4, -0.2) is 8.42 Å². The number of halogens is 2. The van der Waals surface area contributed by atoms with E-state index in [4.69, 9.17) is 0 Å². The summed E-state index contributed by atoms with van der Waals surface area (Å²) in [5.74, 6) is -0.441. The predicted octanol–water partition coefficient (Wildman–Crippen LogP) is 4.31. The van der Waals surface area contributed by atoms with Crippen molar-refractivity contribution < 1.29 is 12.8 Å². The van der Waals surface area contributed by atoms with Gasteiger partial charge < -0.3 is 0 Å². The molecule has 0 saturated heterocycles. The number of benzene rings is 2. The van der Waals surface area contributed by atoms with Gasteiger partial charge >= 0.3 is 0 Å². The lowest BCUT2D eigenvalue weighted by atomic mass is 10.1. The molecule has 0 heterocycles. The van der Waals surface area contributed by atoms with Crippen LogP contribution < -0.4 is 4.72 Å². The van der Waals surface area contributed by atoms with Crippen LogP contribution in [0.2, 0.25) is 0 Å². The van der Waals surface area contributed by atoms with E-state index in [1.807, 2.05) is 13.0 Å². The lowest BCUT2D eigenvalue weighted by Crippen LogP contribution is -2.16. The fraction of sp³-hybridized carbons (Fsp3) is 0.200. The van der Waals surface area contributed by atoms with Crippen molar-refractivity contribution in [3.63, 3.8) is 0 Å². The first-order valence-corrected chi connectivity index (χ1v) is 8.54. The van der Waals surface area contributed by atoms with Crippen molar-refractivity contribution in [1.29, 1.82) is 0 Å². The van der Waals surface area contributed by atoms with Crippen LogP contribution in [0.15, 0.2) is 39.7 Å². The quantitative estimate of drug-likeness (QED) is 0.873. The Hall–Kier alpha value is -1.40. The van der Waals surface area contributed by atoms with Crippen molar-refractivity contribution in [3.8, 4) is 0 Å². The topological polar surface area (TPSA) is 46.2 Å². The summed E-state index contributed by atoms with van der Waals surface area (Å²) in [5.41, 5.74) is 2.07. The number of anilines is 1. The number of aryl methyl sites for hydroxylation is 3. The van der Waals surface area contributed by atoms with Gasteiger partial charge in [-0.3, -0.25) is 4.72 Å². The molecule has 0 spiro atoms. The van der Waals surface area contributed by atoms with Crippen LogP contribution in [-0.2, 0) is 10.0 Å². The van der Waals surface area contributed by atoms with Gasteiger partial charge in [0.05, 0.1) is 10.6 Å². The number of hydrogen-bond donors (Lipinski definition) is 1. The summed E-state index contributed by atoms with van der Waals surface area (Å²) in [5, 5.41) is 0. The molecule has 0 amide bonds. The lowest BCUT2D eigenvalue weighted by Gasteiger charge is -2.14. The van der Waals surface area contributed by atoms with Crippen LogP contribution in [0.1, 0.15) is 16.7 Å². The Balaban J connectivity index is 2.48. The first-order valence-electron chi connectivity index (χ1n) is 6.26. The Morgan fingerprint density at radius 2 is 1.57 bits per heavy atom. The SMILES string of the molecule is Cc1cc(Br)ccc1NS(=O)(=O)c1c(C)cc(F)cc1C. The summed E-state index contributed by atoms with van der Waals surface area (Å²) in [6, 6.07) is 7.70. The molecule has 6 heteroatoms. The lowest BCUT2D eigenvalue weighted by molar-refractivity contribution is 0.597. The van der Waals surface area contributed by atoms with Crippen LogP contribution in [0.4, 0.5) is 10.1 Å². The van der Waals surface area contributed by atoms with E-state index in [1.165, 1.54) is 12.1 Å². The third kappa shape index (κ3) is 3.44. The first-order chi connectivity index (χ1) is 9.70. The fourth-order valence-corrected chi connectivity index (χ4v) is 4.32. The molecule has 2 aromatic rings. The van der Waals surface area contributed by atoms with Gasteiger partial charge in [-0.05, 0) is 67.8 Å². The standard InChI is InChI=1S/C15H15BrFNO2S/c1-9-6-12(16)4-5-14(9)18-21(19,20)15-10(2)7-13(17)8-11(15)3/h4-8,18H,1-3H3. The second kappa shape index (κ2) is 5.77. The van der Waals surface area contributed by atoms with Gasteiger partial charge in [0, 0.05) is 4.47 Å². The molecule has 2 rings (SSSR count). The van der Waals surface area contributed by atoms with Gasteiger partial charge in [0.15, 0.2) is 0 Å². The van der Waals surface area contributed by atoms with Gasteiger partial charge in [0.2, 0.25) is 0 Å². The Labute approximate surface area is 132 Å². The van der Waals surface area contributed by atoms with Crippen LogP contribution in [0.25, 0.3) is 0 Å². The third-order valence-electron chi connectivity index (χ3n) is 3.13. The van der Waals surface area contributed by atoms with E-state index in [0.717, 1.165) is 10.0 Å². The van der Waals surface area contributed by atoms with Gasteiger partial charge in [-0.15, -0.1) is 0 Å². The average molecular weight is 372 g/mol. The maximum absolute atomic E-state index is 13.3. The second-order valence-corrected chi connectivity index (χ2v) is 7.47. The molecule has 0 radical (unpaired) electrons. The molecular formula is C15H15BrFNO2S. The number of sulfonamides is 1. The highest BCUT2D eigenvalue weighted by Gasteiger charge is 2.21. The van der Waals surface area contributed by atoms with E-state index in [1.54, 1.807) is 26.0 Å². The molecule has 0 aliphatic carbocycles. The van der Waals surface area contributed by atoms with Crippen molar-refractivity contribution in [2.75, 3.05) is 4.72 Å². The molecule has 0 fully saturated rings. The summed E-state index contributed by atoms with van der Waals surface area (Å²) in [4.78, 5) is 0.117. The number of rotatable bonds is 3. The minimum Gasteiger partial charge on any atom is -0.279 e. The Kier molecular flexibility index (Phi) is 4.39. The summed E-state index contributed by atoms with van der Waals surface area (Å²) in [6.45, 7) is 4.98. The molecular weight excluding hydrogens is 357 g/mol. The zero-order valence-electron chi connectivity index (χ0n) is 11.9. The average Bonchev–Trinajstić information content (AvgIpc) is 2.30. The summed E-state index contributed by atoms with van der Waals surface area (Å²) < 4.78 is 41.8. The van der Waals surface area contributed by atoms with E-state index in [2.05, 4.69) is 20.7 Å². The zero-order chi connectivity index (χ0) is 15.8. The third-order valence-corrected chi connectivity index (χ3v) is 5.29. The van der Waals surface area contributed by atoms with Gasteiger partial charge in [-0.2, -0.15) is 0 Å². The molecule has 21 heavy (non-hydrogen) atoms. The second-order valence-electron chi connectivity index (χ2n) is 4.93. The van der Waals surface area contributed by atoms with Gasteiger partial charge in [-0.1, -0.05) is 15.9 Å². The molecule has 1 N–H and O–H groups in total. The Bertz CT molecular complexity index is 780. The van der Waals surface area contributed by atoms with Crippen LogP contribution in [0.3, 0.4) is 0 Å². The highest BCUT2D eigenvalue weighted by atomic mass is 79.9. The molecule has 0 atom stereocenters. The maximum Gasteiger partial charge on any atom is 0.262 e. The summed E-state index contributed by atoms with van der Waals surface area (Å²) in [7, 11) is -3.76. The van der Waals surface area contributed by atoms with Crippen molar-refractivity contribution >= 4 is 31.6 Å². The van der Waals surface area contributed by atoms with Crippen molar-refractivity contribution in [2.45, 2.75) is 25.7 Å². The zero-order valence-corrected chi connectivity index (χ0v) is 14.3. The normalized spacial score (nSPS) is 11.5.